The number of anilines is 2. The second-order valence-corrected chi connectivity index (χ2v) is 8.54. The van der Waals surface area contributed by atoms with Crippen molar-refractivity contribution in [2.75, 3.05) is 44.6 Å². The molecule has 31 heavy (non-hydrogen) atoms. The van der Waals surface area contributed by atoms with E-state index in [1.54, 1.807) is 14.2 Å². The molecular weight excluding hydrogens is 410 g/mol. The summed E-state index contributed by atoms with van der Waals surface area (Å²) in [5.41, 5.74) is 2.96. The smallest absolute Gasteiger partial charge is 0.265 e. The number of methoxy groups -OCH3 is 2. The number of carbonyl (C=O) groups excluding carboxylic acids is 1. The number of ether oxygens (including phenoxy) is 2. The molecular formula is C24H27N3O3S. The summed E-state index contributed by atoms with van der Waals surface area (Å²) in [6.07, 6.45) is 1.15. The van der Waals surface area contributed by atoms with Gasteiger partial charge in [0.25, 0.3) is 5.91 Å². The standard InChI is InChI=1S/C24H27N3O3S/c1-25-18-12-13-27(15-18)19-7-5-17(6-8-19)26-24(28)23-11-10-22(31-23)16-4-9-20(29-2)21(14-16)30-3/h4-11,14,18,25H,12-13,15H2,1-3H3,(H,26,28). The quantitative estimate of drug-likeness (QED) is 0.571. The van der Waals surface area contributed by atoms with E-state index in [1.807, 2.05) is 49.5 Å². The van der Waals surface area contributed by atoms with Gasteiger partial charge in [0, 0.05) is 35.4 Å². The molecule has 1 aliphatic heterocycles. The van der Waals surface area contributed by atoms with E-state index < -0.39 is 0 Å². The lowest BCUT2D eigenvalue weighted by molar-refractivity contribution is 0.103. The monoisotopic (exact) mass is 437 g/mol. The zero-order valence-corrected chi connectivity index (χ0v) is 18.8. The summed E-state index contributed by atoms with van der Waals surface area (Å²) in [5, 5.41) is 6.33. The number of carbonyl (C=O) groups is 1. The highest BCUT2D eigenvalue weighted by molar-refractivity contribution is 7.17. The van der Waals surface area contributed by atoms with Crippen LogP contribution in [0.4, 0.5) is 11.4 Å². The van der Waals surface area contributed by atoms with E-state index in [2.05, 4.69) is 27.7 Å². The Hall–Kier alpha value is -3.03. The van der Waals surface area contributed by atoms with Crippen LogP contribution in [0.15, 0.2) is 54.6 Å². The average Bonchev–Trinajstić information content (AvgIpc) is 3.49. The van der Waals surface area contributed by atoms with Crippen LogP contribution < -0.4 is 25.0 Å². The molecule has 0 spiro atoms. The number of nitrogens with one attached hydrogen (secondary N) is 2. The van der Waals surface area contributed by atoms with Gasteiger partial charge < -0.3 is 25.0 Å². The predicted octanol–water partition coefficient (Wildman–Crippen LogP) is 4.48. The number of hydrogen-bond donors (Lipinski definition) is 2. The van der Waals surface area contributed by atoms with Gasteiger partial charge in [0.2, 0.25) is 0 Å². The lowest BCUT2D eigenvalue weighted by atomic mass is 10.1. The van der Waals surface area contributed by atoms with Gasteiger partial charge in [-0.2, -0.15) is 0 Å². The Balaban J connectivity index is 1.42. The van der Waals surface area contributed by atoms with E-state index >= 15 is 0 Å². The first-order chi connectivity index (χ1) is 15.1. The highest BCUT2D eigenvalue weighted by Gasteiger charge is 2.21. The van der Waals surface area contributed by atoms with Crippen molar-refractivity contribution in [3.63, 3.8) is 0 Å². The van der Waals surface area contributed by atoms with Gasteiger partial charge in [-0.25, -0.2) is 0 Å². The van der Waals surface area contributed by atoms with Crippen LogP contribution in [0, 0.1) is 0 Å². The summed E-state index contributed by atoms with van der Waals surface area (Å²) in [7, 11) is 5.23. The fraction of sp³-hybridized carbons (Fsp3) is 0.292. The van der Waals surface area contributed by atoms with Crippen LogP contribution in [-0.4, -0.2) is 46.3 Å². The van der Waals surface area contributed by atoms with Crippen LogP contribution in [-0.2, 0) is 0 Å². The summed E-state index contributed by atoms with van der Waals surface area (Å²) in [6, 6.07) is 18.1. The Morgan fingerprint density at radius 3 is 2.48 bits per heavy atom. The molecule has 2 heterocycles. The van der Waals surface area contributed by atoms with E-state index in [-0.39, 0.29) is 5.91 Å². The van der Waals surface area contributed by atoms with E-state index in [0.29, 0.717) is 22.4 Å². The van der Waals surface area contributed by atoms with Gasteiger partial charge in [-0.15, -0.1) is 11.3 Å². The Morgan fingerprint density at radius 1 is 1.03 bits per heavy atom. The lowest BCUT2D eigenvalue weighted by Gasteiger charge is -2.19. The first kappa shape index (κ1) is 21.2. The van der Waals surface area contributed by atoms with Crippen LogP contribution >= 0.6 is 11.3 Å². The van der Waals surface area contributed by atoms with Crippen LogP contribution in [0.5, 0.6) is 11.5 Å². The maximum absolute atomic E-state index is 12.7. The van der Waals surface area contributed by atoms with Crippen molar-refractivity contribution >= 4 is 28.6 Å². The maximum atomic E-state index is 12.7. The molecule has 4 rings (SSSR count). The molecule has 0 saturated carbocycles. The van der Waals surface area contributed by atoms with Crippen LogP contribution in [0.3, 0.4) is 0 Å². The van der Waals surface area contributed by atoms with Gasteiger partial charge in [0.05, 0.1) is 19.1 Å². The molecule has 1 amide bonds. The number of benzene rings is 2. The molecule has 1 aromatic heterocycles. The van der Waals surface area contributed by atoms with E-state index in [9.17, 15) is 4.79 Å². The minimum Gasteiger partial charge on any atom is -0.493 e. The normalized spacial score (nSPS) is 15.7. The van der Waals surface area contributed by atoms with Crippen molar-refractivity contribution < 1.29 is 14.3 Å². The number of hydrogen-bond acceptors (Lipinski definition) is 6. The Kier molecular flexibility index (Phi) is 6.44. The van der Waals surface area contributed by atoms with Crippen LogP contribution in [0.1, 0.15) is 16.1 Å². The Morgan fingerprint density at radius 2 is 1.81 bits per heavy atom. The molecule has 7 heteroatoms. The fourth-order valence-corrected chi connectivity index (χ4v) is 4.68. The van der Waals surface area contributed by atoms with Crippen molar-refractivity contribution in [3.8, 4) is 21.9 Å². The third-order valence-corrected chi connectivity index (χ3v) is 6.72. The average molecular weight is 438 g/mol. The van der Waals surface area contributed by atoms with Crippen molar-refractivity contribution in [1.82, 2.24) is 5.32 Å². The molecule has 0 aliphatic carbocycles. The third kappa shape index (κ3) is 4.68. The molecule has 162 valence electrons. The maximum Gasteiger partial charge on any atom is 0.265 e. The van der Waals surface area contributed by atoms with Gasteiger partial charge in [0.1, 0.15) is 0 Å². The first-order valence-electron chi connectivity index (χ1n) is 10.3. The molecule has 1 unspecified atom stereocenters. The molecule has 0 radical (unpaired) electrons. The largest absolute Gasteiger partial charge is 0.493 e. The molecule has 2 N–H and O–H groups in total. The second kappa shape index (κ2) is 9.41. The van der Waals surface area contributed by atoms with Gasteiger partial charge in [0.15, 0.2) is 11.5 Å². The predicted molar refractivity (Wildman–Crippen MR) is 127 cm³/mol. The van der Waals surface area contributed by atoms with E-state index in [0.717, 1.165) is 35.6 Å². The van der Waals surface area contributed by atoms with Gasteiger partial charge in [-0.3, -0.25) is 4.79 Å². The minimum atomic E-state index is -0.110. The first-order valence-corrected chi connectivity index (χ1v) is 11.1. The molecule has 2 aromatic carbocycles. The summed E-state index contributed by atoms with van der Waals surface area (Å²) < 4.78 is 10.7. The van der Waals surface area contributed by atoms with Crippen molar-refractivity contribution in [1.29, 1.82) is 0 Å². The van der Waals surface area contributed by atoms with Gasteiger partial charge in [-0.1, -0.05) is 0 Å². The van der Waals surface area contributed by atoms with E-state index in [4.69, 9.17) is 9.47 Å². The summed E-state index contributed by atoms with van der Waals surface area (Å²) >= 11 is 1.45. The summed E-state index contributed by atoms with van der Waals surface area (Å²) in [6.45, 7) is 2.06. The third-order valence-electron chi connectivity index (χ3n) is 5.58. The van der Waals surface area contributed by atoms with Gasteiger partial charge >= 0.3 is 0 Å². The van der Waals surface area contributed by atoms with Gasteiger partial charge in [-0.05, 0) is 73.6 Å². The van der Waals surface area contributed by atoms with Crippen molar-refractivity contribution in [2.24, 2.45) is 0 Å². The highest BCUT2D eigenvalue weighted by atomic mass is 32.1. The minimum absolute atomic E-state index is 0.110. The fourth-order valence-electron chi connectivity index (χ4n) is 3.78. The number of rotatable bonds is 7. The summed E-state index contributed by atoms with van der Waals surface area (Å²) in [4.78, 5) is 16.8. The SMILES string of the molecule is CNC1CCN(c2ccc(NC(=O)c3ccc(-c4ccc(OC)c(OC)c4)s3)cc2)C1. The zero-order valence-electron chi connectivity index (χ0n) is 18.0. The number of thiophene rings is 1. The molecule has 1 atom stereocenters. The Bertz CT molecular complexity index is 1050. The highest BCUT2D eigenvalue weighted by Crippen LogP contribution is 2.35. The molecule has 1 fully saturated rings. The molecule has 3 aromatic rings. The zero-order chi connectivity index (χ0) is 21.8. The topological polar surface area (TPSA) is 62.8 Å². The van der Waals surface area contributed by atoms with E-state index in [1.165, 1.54) is 17.0 Å². The van der Waals surface area contributed by atoms with Crippen LogP contribution in [0.2, 0.25) is 0 Å². The second-order valence-electron chi connectivity index (χ2n) is 7.45. The molecule has 1 aliphatic rings. The van der Waals surface area contributed by atoms with Crippen LogP contribution in [0.25, 0.3) is 10.4 Å². The Labute approximate surface area is 186 Å². The lowest BCUT2D eigenvalue weighted by Crippen LogP contribution is -2.29. The number of likely N-dealkylation sites (N-methyl/N-ethyl adjacent to an activating group) is 1. The molecule has 0 bridgehead atoms. The van der Waals surface area contributed by atoms with Crippen molar-refractivity contribution in [3.05, 3.63) is 59.5 Å². The molecule has 6 nitrogen and oxygen atoms in total. The number of amides is 1. The van der Waals surface area contributed by atoms with Crippen molar-refractivity contribution in [2.45, 2.75) is 12.5 Å². The summed E-state index contributed by atoms with van der Waals surface area (Å²) in [5.74, 6) is 1.24. The number of nitrogens with zero attached hydrogens (tertiary/aromatic N) is 1. The molecule has 1 saturated heterocycles.